The Balaban J connectivity index is 1.70. The van der Waals surface area contributed by atoms with E-state index in [2.05, 4.69) is 4.99 Å². The molecule has 128 valence electrons. The number of aryl methyl sites for hydroxylation is 1. The fourth-order valence-corrected chi connectivity index (χ4v) is 3.59. The highest BCUT2D eigenvalue weighted by Crippen LogP contribution is 2.24. The van der Waals surface area contributed by atoms with E-state index in [1.54, 1.807) is 17.0 Å². The molecule has 0 N–H and O–H groups in total. The fraction of sp³-hybridized carbons (Fsp3) is 0.222. The number of non-ortho nitro benzene ring substituents is 1. The van der Waals surface area contributed by atoms with Crippen LogP contribution in [0.25, 0.3) is 0 Å². The predicted molar refractivity (Wildman–Crippen MR) is 98.9 cm³/mol. The van der Waals surface area contributed by atoms with Gasteiger partial charge in [-0.25, -0.2) is 0 Å². The van der Waals surface area contributed by atoms with Crippen LogP contribution in [0.4, 0.5) is 5.69 Å². The molecule has 0 spiro atoms. The molecule has 3 rings (SSSR count). The molecule has 1 heterocycles. The van der Waals surface area contributed by atoms with Crippen molar-refractivity contribution in [1.29, 1.82) is 0 Å². The standard InChI is InChI=1S/C18H17N3O3S/c1-13-5-2-3-8-16(13)17(22)20-10-9-19-18(20)25-12-14-6-4-7-15(11-14)21(23)24/h2-8,11H,9-10,12H2,1H3. The Kier molecular flexibility index (Phi) is 5.14. The van der Waals surface area contributed by atoms with Crippen molar-refractivity contribution in [3.05, 3.63) is 75.3 Å². The molecule has 2 aromatic rings. The molecule has 6 nitrogen and oxygen atoms in total. The molecule has 0 bridgehead atoms. The highest BCUT2D eigenvalue weighted by atomic mass is 32.2. The number of hydrogen-bond acceptors (Lipinski definition) is 5. The largest absolute Gasteiger partial charge is 0.286 e. The van der Waals surface area contributed by atoms with Crippen LogP contribution in [0.1, 0.15) is 21.5 Å². The van der Waals surface area contributed by atoms with Crippen molar-refractivity contribution in [2.45, 2.75) is 12.7 Å². The van der Waals surface area contributed by atoms with Crippen LogP contribution in [-0.2, 0) is 5.75 Å². The molecular formula is C18H17N3O3S. The summed E-state index contributed by atoms with van der Waals surface area (Å²) in [6, 6.07) is 14.0. The lowest BCUT2D eigenvalue weighted by Crippen LogP contribution is -2.33. The summed E-state index contributed by atoms with van der Waals surface area (Å²) >= 11 is 1.43. The summed E-state index contributed by atoms with van der Waals surface area (Å²) in [5.41, 5.74) is 2.51. The van der Waals surface area contributed by atoms with Gasteiger partial charge in [0.2, 0.25) is 0 Å². The van der Waals surface area contributed by atoms with Gasteiger partial charge in [0.15, 0.2) is 5.17 Å². The van der Waals surface area contributed by atoms with Gasteiger partial charge in [0.1, 0.15) is 0 Å². The molecule has 7 heteroatoms. The van der Waals surface area contributed by atoms with Crippen molar-refractivity contribution < 1.29 is 9.72 Å². The van der Waals surface area contributed by atoms with Crippen molar-refractivity contribution in [3.8, 4) is 0 Å². The van der Waals surface area contributed by atoms with Gasteiger partial charge < -0.3 is 0 Å². The molecule has 0 aromatic heterocycles. The first-order chi connectivity index (χ1) is 12.1. The molecule has 0 saturated carbocycles. The van der Waals surface area contributed by atoms with Gasteiger partial charge in [-0.2, -0.15) is 0 Å². The SMILES string of the molecule is Cc1ccccc1C(=O)N1CCN=C1SCc1cccc([N+](=O)[O-])c1. The number of thioether (sulfide) groups is 1. The zero-order valence-electron chi connectivity index (χ0n) is 13.7. The van der Waals surface area contributed by atoms with E-state index in [1.807, 2.05) is 37.3 Å². The lowest BCUT2D eigenvalue weighted by molar-refractivity contribution is -0.384. The van der Waals surface area contributed by atoms with Crippen molar-refractivity contribution in [2.24, 2.45) is 4.99 Å². The molecule has 0 atom stereocenters. The third kappa shape index (κ3) is 3.88. The van der Waals surface area contributed by atoms with Crippen LogP contribution in [-0.4, -0.2) is 34.0 Å². The van der Waals surface area contributed by atoms with Gasteiger partial charge in [-0.05, 0) is 24.1 Å². The van der Waals surface area contributed by atoms with Crippen molar-refractivity contribution in [2.75, 3.05) is 13.1 Å². The Bertz CT molecular complexity index is 851. The maximum absolute atomic E-state index is 12.8. The zero-order chi connectivity index (χ0) is 17.8. The van der Waals surface area contributed by atoms with Crippen LogP contribution in [0.15, 0.2) is 53.5 Å². The van der Waals surface area contributed by atoms with Crippen LogP contribution in [0.2, 0.25) is 0 Å². The Morgan fingerprint density at radius 2 is 2.08 bits per heavy atom. The average Bonchev–Trinajstić information content (AvgIpc) is 3.08. The number of aliphatic imine (C=N–C) groups is 1. The van der Waals surface area contributed by atoms with Gasteiger partial charge in [0, 0.05) is 30.0 Å². The topological polar surface area (TPSA) is 75.8 Å². The second-order valence-electron chi connectivity index (χ2n) is 5.65. The molecule has 0 saturated heterocycles. The number of amides is 1. The first-order valence-electron chi connectivity index (χ1n) is 7.84. The molecule has 0 unspecified atom stereocenters. The Morgan fingerprint density at radius 1 is 1.28 bits per heavy atom. The Morgan fingerprint density at radius 3 is 2.84 bits per heavy atom. The van der Waals surface area contributed by atoms with E-state index in [-0.39, 0.29) is 11.6 Å². The van der Waals surface area contributed by atoms with Crippen LogP contribution < -0.4 is 0 Å². The number of nitro benzene ring substituents is 1. The molecule has 25 heavy (non-hydrogen) atoms. The van der Waals surface area contributed by atoms with E-state index in [0.717, 1.165) is 11.1 Å². The summed E-state index contributed by atoms with van der Waals surface area (Å²) in [5, 5.41) is 11.5. The predicted octanol–water partition coefficient (Wildman–Crippen LogP) is 3.65. The van der Waals surface area contributed by atoms with Gasteiger partial charge in [-0.15, -0.1) is 0 Å². The first kappa shape index (κ1) is 17.2. The van der Waals surface area contributed by atoms with Crippen molar-refractivity contribution in [1.82, 2.24) is 4.90 Å². The van der Waals surface area contributed by atoms with Crippen LogP contribution in [0, 0.1) is 17.0 Å². The molecule has 1 aliphatic rings. The molecular weight excluding hydrogens is 338 g/mol. The van der Waals surface area contributed by atoms with Crippen LogP contribution in [0.3, 0.4) is 0 Å². The fourth-order valence-electron chi connectivity index (χ4n) is 2.60. The summed E-state index contributed by atoms with van der Waals surface area (Å²) in [4.78, 5) is 29.3. The summed E-state index contributed by atoms with van der Waals surface area (Å²) in [6.45, 7) is 3.05. The third-order valence-electron chi connectivity index (χ3n) is 3.91. The van der Waals surface area contributed by atoms with E-state index in [4.69, 9.17) is 0 Å². The normalized spacial score (nSPS) is 13.6. The zero-order valence-corrected chi connectivity index (χ0v) is 14.5. The van der Waals surface area contributed by atoms with Gasteiger partial charge in [0.25, 0.3) is 11.6 Å². The minimum absolute atomic E-state index is 0.0547. The van der Waals surface area contributed by atoms with Gasteiger partial charge in [-0.3, -0.25) is 24.8 Å². The summed E-state index contributed by atoms with van der Waals surface area (Å²) in [5.74, 6) is 0.471. The highest BCUT2D eigenvalue weighted by Gasteiger charge is 2.26. The molecule has 0 radical (unpaired) electrons. The number of benzene rings is 2. The van der Waals surface area contributed by atoms with Gasteiger partial charge in [-0.1, -0.05) is 42.1 Å². The summed E-state index contributed by atoms with van der Waals surface area (Å²) in [6.07, 6.45) is 0. The maximum atomic E-state index is 12.8. The van der Waals surface area contributed by atoms with Crippen molar-refractivity contribution in [3.63, 3.8) is 0 Å². The Labute approximate surface area is 149 Å². The minimum Gasteiger partial charge on any atom is -0.286 e. The minimum atomic E-state index is -0.407. The van der Waals surface area contributed by atoms with E-state index < -0.39 is 4.92 Å². The first-order valence-corrected chi connectivity index (χ1v) is 8.83. The highest BCUT2D eigenvalue weighted by molar-refractivity contribution is 8.13. The number of nitrogens with zero attached hydrogens (tertiary/aromatic N) is 3. The monoisotopic (exact) mass is 355 g/mol. The van der Waals surface area contributed by atoms with Crippen LogP contribution >= 0.6 is 11.8 Å². The molecule has 0 aliphatic carbocycles. The number of amidine groups is 1. The summed E-state index contributed by atoms with van der Waals surface area (Å²) in [7, 11) is 0. The smallest absolute Gasteiger partial charge is 0.269 e. The lowest BCUT2D eigenvalue weighted by Gasteiger charge is -2.19. The van der Waals surface area contributed by atoms with Gasteiger partial charge >= 0.3 is 0 Å². The summed E-state index contributed by atoms with van der Waals surface area (Å²) < 4.78 is 0. The Hall–Kier alpha value is -2.67. The number of carbonyl (C=O) groups is 1. The number of nitro groups is 1. The molecule has 1 amide bonds. The second-order valence-corrected chi connectivity index (χ2v) is 6.59. The van der Waals surface area contributed by atoms with E-state index >= 15 is 0 Å². The van der Waals surface area contributed by atoms with E-state index in [9.17, 15) is 14.9 Å². The average molecular weight is 355 g/mol. The van der Waals surface area contributed by atoms with E-state index in [0.29, 0.717) is 29.6 Å². The second kappa shape index (κ2) is 7.48. The number of rotatable bonds is 4. The quantitative estimate of drug-likeness (QED) is 0.620. The molecule has 0 fully saturated rings. The number of carbonyl (C=O) groups excluding carboxylic acids is 1. The van der Waals surface area contributed by atoms with E-state index in [1.165, 1.54) is 17.8 Å². The molecule has 1 aliphatic heterocycles. The lowest BCUT2D eigenvalue weighted by atomic mass is 10.1. The van der Waals surface area contributed by atoms with Gasteiger partial charge in [0.05, 0.1) is 11.5 Å². The number of hydrogen-bond donors (Lipinski definition) is 0. The molecule has 2 aromatic carbocycles. The van der Waals surface area contributed by atoms with Crippen molar-refractivity contribution >= 4 is 28.5 Å². The van der Waals surface area contributed by atoms with Crippen LogP contribution in [0.5, 0.6) is 0 Å². The third-order valence-corrected chi connectivity index (χ3v) is 5.00. The maximum Gasteiger partial charge on any atom is 0.269 e.